The van der Waals surface area contributed by atoms with Gasteiger partial charge in [0.1, 0.15) is 22.7 Å². The van der Waals surface area contributed by atoms with Crippen molar-refractivity contribution in [3.63, 3.8) is 0 Å². The van der Waals surface area contributed by atoms with Crippen molar-refractivity contribution >= 4 is 27.3 Å². The van der Waals surface area contributed by atoms with Crippen LogP contribution in [0, 0.1) is 0 Å². The lowest BCUT2D eigenvalue weighted by Gasteiger charge is -2.14. The summed E-state index contributed by atoms with van der Waals surface area (Å²) in [5.74, 6) is 0.317. The van der Waals surface area contributed by atoms with Crippen LogP contribution in [0.1, 0.15) is 10.4 Å². The minimum atomic E-state index is -3.97. The number of methoxy groups -OCH3 is 2. The molecule has 9 heteroatoms. The summed E-state index contributed by atoms with van der Waals surface area (Å²) in [6.45, 7) is 0. The lowest BCUT2D eigenvalue weighted by atomic mass is 10.2. The van der Waals surface area contributed by atoms with Gasteiger partial charge in [-0.2, -0.15) is 0 Å². The number of hydrogen-bond donors (Lipinski definition) is 2. The van der Waals surface area contributed by atoms with Crippen LogP contribution in [0.3, 0.4) is 0 Å². The van der Waals surface area contributed by atoms with Crippen molar-refractivity contribution in [1.29, 1.82) is 0 Å². The Morgan fingerprint density at radius 3 is 2.29 bits per heavy atom. The summed E-state index contributed by atoms with van der Waals surface area (Å²) in [7, 11) is -1.09. The van der Waals surface area contributed by atoms with Crippen LogP contribution < -0.4 is 19.5 Å². The molecule has 0 atom stereocenters. The van der Waals surface area contributed by atoms with E-state index in [9.17, 15) is 13.2 Å². The molecule has 0 radical (unpaired) electrons. The normalized spacial score (nSPS) is 10.9. The molecule has 28 heavy (non-hydrogen) atoms. The summed E-state index contributed by atoms with van der Waals surface area (Å²) in [4.78, 5) is 12.0. The second-order valence-corrected chi connectivity index (χ2v) is 7.32. The fourth-order valence-electron chi connectivity index (χ4n) is 2.43. The van der Waals surface area contributed by atoms with Gasteiger partial charge in [-0.05, 0) is 48.5 Å². The largest absolute Gasteiger partial charge is 0.497 e. The first-order valence-corrected chi connectivity index (χ1v) is 9.60. The molecule has 2 aromatic carbocycles. The molecule has 3 aromatic rings. The Kier molecular flexibility index (Phi) is 5.55. The predicted molar refractivity (Wildman–Crippen MR) is 103 cm³/mol. The van der Waals surface area contributed by atoms with Gasteiger partial charge in [0.05, 0.1) is 26.0 Å². The molecule has 1 amide bonds. The maximum Gasteiger partial charge on any atom is 0.265 e. The molecule has 0 aliphatic heterocycles. The topological polar surface area (TPSA) is 107 Å². The minimum absolute atomic E-state index is 0.115. The van der Waals surface area contributed by atoms with Crippen molar-refractivity contribution in [2.75, 3.05) is 24.3 Å². The number of furan rings is 1. The van der Waals surface area contributed by atoms with Crippen LogP contribution in [-0.2, 0) is 10.0 Å². The van der Waals surface area contributed by atoms with Crippen molar-refractivity contribution in [3.05, 3.63) is 66.6 Å². The zero-order chi connectivity index (χ0) is 20.1. The van der Waals surface area contributed by atoms with E-state index >= 15 is 0 Å². The zero-order valence-electron chi connectivity index (χ0n) is 15.1. The molecule has 2 N–H and O–H groups in total. The Labute approximate surface area is 162 Å². The first-order chi connectivity index (χ1) is 13.4. The van der Waals surface area contributed by atoms with Gasteiger partial charge in [0.15, 0.2) is 0 Å². The van der Waals surface area contributed by atoms with Crippen molar-refractivity contribution in [3.8, 4) is 11.5 Å². The lowest BCUT2D eigenvalue weighted by molar-refractivity contribution is 0.102. The first kappa shape index (κ1) is 19.3. The van der Waals surface area contributed by atoms with Gasteiger partial charge in [0.25, 0.3) is 15.9 Å². The van der Waals surface area contributed by atoms with Crippen molar-refractivity contribution in [2.24, 2.45) is 0 Å². The van der Waals surface area contributed by atoms with Gasteiger partial charge >= 0.3 is 0 Å². The van der Waals surface area contributed by atoms with E-state index < -0.39 is 15.9 Å². The van der Waals surface area contributed by atoms with E-state index in [1.54, 1.807) is 30.3 Å². The average Bonchev–Trinajstić information content (AvgIpc) is 3.23. The maximum absolute atomic E-state index is 12.9. The highest BCUT2D eigenvalue weighted by Gasteiger charge is 2.21. The van der Waals surface area contributed by atoms with E-state index in [1.807, 2.05) is 0 Å². The molecule has 8 nitrogen and oxygen atoms in total. The second kappa shape index (κ2) is 8.05. The summed E-state index contributed by atoms with van der Waals surface area (Å²) in [6, 6.07) is 12.3. The zero-order valence-corrected chi connectivity index (χ0v) is 15.9. The van der Waals surface area contributed by atoms with E-state index in [-0.39, 0.29) is 10.6 Å². The highest BCUT2D eigenvalue weighted by atomic mass is 32.2. The Hall–Kier alpha value is -3.46. The Bertz CT molecular complexity index is 1060. The third-order valence-electron chi connectivity index (χ3n) is 3.84. The monoisotopic (exact) mass is 402 g/mol. The van der Waals surface area contributed by atoms with Gasteiger partial charge in [0, 0.05) is 11.4 Å². The number of benzene rings is 2. The molecule has 0 spiro atoms. The molecule has 146 valence electrons. The molecule has 0 saturated carbocycles. The molecule has 1 heterocycles. The van der Waals surface area contributed by atoms with Gasteiger partial charge in [-0.25, -0.2) is 8.42 Å². The number of anilines is 2. The van der Waals surface area contributed by atoms with E-state index in [1.165, 1.54) is 44.9 Å². The van der Waals surface area contributed by atoms with Gasteiger partial charge in [-0.1, -0.05) is 0 Å². The summed E-state index contributed by atoms with van der Waals surface area (Å²) in [5, 5.41) is 2.62. The Morgan fingerprint density at radius 1 is 0.964 bits per heavy atom. The highest BCUT2D eigenvalue weighted by molar-refractivity contribution is 7.92. The van der Waals surface area contributed by atoms with Crippen molar-refractivity contribution < 1.29 is 27.1 Å². The van der Waals surface area contributed by atoms with E-state index in [0.29, 0.717) is 22.7 Å². The van der Waals surface area contributed by atoms with Crippen LogP contribution in [-0.4, -0.2) is 28.5 Å². The molecular formula is C19H18N2O6S. The van der Waals surface area contributed by atoms with E-state index in [2.05, 4.69) is 10.0 Å². The van der Waals surface area contributed by atoms with Crippen LogP contribution in [0.4, 0.5) is 11.4 Å². The average molecular weight is 402 g/mol. The third kappa shape index (κ3) is 4.26. The lowest BCUT2D eigenvalue weighted by Crippen LogP contribution is -2.16. The maximum atomic E-state index is 12.9. The van der Waals surface area contributed by atoms with Gasteiger partial charge in [-0.15, -0.1) is 0 Å². The molecule has 0 bridgehead atoms. The van der Waals surface area contributed by atoms with Crippen LogP contribution in [0.5, 0.6) is 11.5 Å². The highest BCUT2D eigenvalue weighted by Crippen LogP contribution is 2.29. The van der Waals surface area contributed by atoms with Gasteiger partial charge in [0.2, 0.25) is 0 Å². The predicted octanol–water partition coefficient (Wildman–Crippen LogP) is 3.35. The summed E-state index contributed by atoms with van der Waals surface area (Å²) in [6.07, 6.45) is 2.67. The quantitative estimate of drug-likeness (QED) is 0.628. The van der Waals surface area contributed by atoms with Gasteiger partial charge in [-0.3, -0.25) is 9.52 Å². The molecule has 0 aliphatic rings. The smallest absolute Gasteiger partial charge is 0.265 e. The number of ether oxygens (including phenoxy) is 2. The fraction of sp³-hybridized carbons (Fsp3) is 0.105. The number of amides is 1. The number of nitrogens with one attached hydrogen (secondary N) is 2. The van der Waals surface area contributed by atoms with Crippen LogP contribution >= 0.6 is 0 Å². The minimum Gasteiger partial charge on any atom is -0.497 e. The standard InChI is InChI=1S/C19H18N2O6S/c1-25-16-6-3-14(4-7-16)21-28(23,24)18-11-15(5-8-17(18)26-2)20-19(22)13-9-10-27-12-13/h3-12,21H,1-2H3,(H,20,22). The van der Waals surface area contributed by atoms with Gasteiger partial charge < -0.3 is 19.2 Å². The fourth-order valence-corrected chi connectivity index (χ4v) is 3.69. The number of rotatable bonds is 7. The molecule has 0 saturated heterocycles. The summed E-state index contributed by atoms with van der Waals surface area (Å²) >= 11 is 0. The molecule has 0 aliphatic carbocycles. The summed E-state index contributed by atoms with van der Waals surface area (Å²) < 4.78 is 43.3. The SMILES string of the molecule is COc1ccc(NS(=O)(=O)c2cc(NC(=O)c3ccoc3)ccc2OC)cc1. The molecule has 0 fully saturated rings. The number of carbonyl (C=O) groups is 1. The first-order valence-electron chi connectivity index (χ1n) is 8.11. The summed E-state index contributed by atoms with van der Waals surface area (Å²) in [5.41, 5.74) is 0.967. The Morgan fingerprint density at radius 2 is 1.68 bits per heavy atom. The van der Waals surface area contributed by atoms with E-state index in [4.69, 9.17) is 13.9 Å². The van der Waals surface area contributed by atoms with Crippen LogP contribution in [0.2, 0.25) is 0 Å². The van der Waals surface area contributed by atoms with Crippen molar-refractivity contribution in [2.45, 2.75) is 4.90 Å². The number of carbonyl (C=O) groups excluding carboxylic acids is 1. The van der Waals surface area contributed by atoms with Crippen LogP contribution in [0.25, 0.3) is 0 Å². The Balaban J connectivity index is 1.88. The second-order valence-electron chi connectivity index (χ2n) is 5.67. The third-order valence-corrected chi connectivity index (χ3v) is 5.24. The number of sulfonamides is 1. The van der Waals surface area contributed by atoms with Crippen LogP contribution in [0.15, 0.2) is 70.4 Å². The molecular weight excluding hydrogens is 384 g/mol. The number of hydrogen-bond acceptors (Lipinski definition) is 6. The molecule has 3 rings (SSSR count). The van der Waals surface area contributed by atoms with Crippen molar-refractivity contribution in [1.82, 2.24) is 0 Å². The van der Waals surface area contributed by atoms with E-state index in [0.717, 1.165) is 0 Å². The molecule has 1 aromatic heterocycles. The molecule has 0 unspecified atom stereocenters.